The van der Waals surface area contributed by atoms with E-state index in [0.717, 1.165) is 0 Å². The van der Waals surface area contributed by atoms with Crippen LogP contribution in [0, 0.1) is 11.3 Å². The second kappa shape index (κ2) is 5.55. The van der Waals surface area contributed by atoms with Crippen LogP contribution in [0.25, 0.3) is 0 Å². The van der Waals surface area contributed by atoms with Crippen molar-refractivity contribution in [2.24, 2.45) is 0 Å². The largest absolute Gasteiger partial charge is 0.486 e. The zero-order valence-electron chi connectivity index (χ0n) is 11.1. The SMILES string of the molecule is N#Cc1ccc(NC(=O)c2cccc3c2OCCO3)cc1. The summed E-state index contributed by atoms with van der Waals surface area (Å²) in [6.45, 7) is 0.905. The van der Waals surface area contributed by atoms with Gasteiger partial charge in [-0.25, -0.2) is 0 Å². The normalized spacial score (nSPS) is 12.3. The second-order valence-electron chi connectivity index (χ2n) is 4.47. The Labute approximate surface area is 121 Å². The van der Waals surface area contributed by atoms with Crippen molar-refractivity contribution in [2.75, 3.05) is 18.5 Å². The Morgan fingerprint density at radius 1 is 1.10 bits per heavy atom. The summed E-state index contributed by atoms with van der Waals surface area (Å²) in [6.07, 6.45) is 0. The molecular weight excluding hydrogens is 268 g/mol. The van der Waals surface area contributed by atoms with Crippen LogP contribution < -0.4 is 14.8 Å². The molecule has 0 unspecified atom stereocenters. The van der Waals surface area contributed by atoms with E-state index in [-0.39, 0.29) is 5.91 Å². The summed E-state index contributed by atoms with van der Waals surface area (Å²) in [5.41, 5.74) is 1.59. The lowest BCUT2D eigenvalue weighted by atomic mass is 10.1. The van der Waals surface area contributed by atoms with Crippen LogP contribution in [0.5, 0.6) is 11.5 Å². The number of nitriles is 1. The number of ether oxygens (including phenoxy) is 2. The summed E-state index contributed by atoms with van der Waals surface area (Å²) >= 11 is 0. The predicted molar refractivity (Wildman–Crippen MR) is 76.5 cm³/mol. The highest BCUT2D eigenvalue weighted by molar-refractivity contribution is 6.06. The predicted octanol–water partition coefficient (Wildman–Crippen LogP) is 2.58. The Morgan fingerprint density at radius 3 is 2.62 bits per heavy atom. The first kappa shape index (κ1) is 13.0. The van der Waals surface area contributed by atoms with Gasteiger partial charge in [-0.3, -0.25) is 4.79 Å². The number of carbonyl (C=O) groups is 1. The van der Waals surface area contributed by atoms with Gasteiger partial charge in [-0.1, -0.05) is 6.07 Å². The number of nitrogens with zero attached hydrogens (tertiary/aromatic N) is 1. The highest BCUT2D eigenvalue weighted by atomic mass is 16.6. The molecule has 0 atom stereocenters. The number of benzene rings is 2. The Kier molecular flexibility index (Phi) is 3.44. The molecule has 0 fully saturated rings. The van der Waals surface area contributed by atoms with E-state index in [2.05, 4.69) is 5.32 Å². The minimum atomic E-state index is -0.276. The van der Waals surface area contributed by atoms with Crippen molar-refractivity contribution in [1.29, 1.82) is 5.26 Å². The molecule has 0 aliphatic carbocycles. The first-order valence-electron chi connectivity index (χ1n) is 6.48. The van der Waals surface area contributed by atoms with E-state index in [1.54, 1.807) is 42.5 Å². The third kappa shape index (κ3) is 2.65. The molecular formula is C16H12N2O3. The fraction of sp³-hybridized carbons (Fsp3) is 0.125. The Balaban J connectivity index is 1.84. The first-order chi connectivity index (χ1) is 10.3. The molecule has 2 aromatic rings. The average Bonchev–Trinajstić information content (AvgIpc) is 2.55. The van der Waals surface area contributed by atoms with Crippen LogP contribution in [0.2, 0.25) is 0 Å². The van der Waals surface area contributed by atoms with Gasteiger partial charge in [0.2, 0.25) is 0 Å². The van der Waals surface area contributed by atoms with Crippen molar-refractivity contribution in [2.45, 2.75) is 0 Å². The fourth-order valence-corrected chi connectivity index (χ4v) is 2.08. The summed E-state index contributed by atoms with van der Waals surface area (Å²) in [4.78, 5) is 12.3. The smallest absolute Gasteiger partial charge is 0.259 e. The molecule has 1 amide bonds. The zero-order chi connectivity index (χ0) is 14.7. The molecule has 21 heavy (non-hydrogen) atoms. The zero-order valence-corrected chi connectivity index (χ0v) is 11.1. The lowest BCUT2D eigenvalue weighted by Gasteiger charge is -2.20. The Hall–Kier alpha value is -3.00. The maximum atomic E-state index is 12.3. The van der Waals surface area contributed by atoms with Gasteiger partial charge in [0.25, 0.3) is 5.91 Å². The number of para-hydroxylation sites is 1. The fourth-order valence-electron chi connectivity index (χ4n) is 2.08. The molecule has 0 spiro atoms. The molecule has 1 aliphatic heterocycles. The summed E-state index contributed by atoms with van der Waals surface area (Å²) in [5, 5.41) is 11.5. The number of hydrogen-bond donors (Lipinski definition) is 1. The summed E-state index contributed by atoms with van der Waals surface area (Å²) in [6, 6.07) is 13.9. The van der Waals surface area contributed by atoms with Crippen LogP contribution in [0.4, 0.5) is 5.69 Å². The van der Waals surface area contributed by atoms with Crippen LogP contribution in [-0.2, 0) is 0 Å². The maximum Gasteiger partial charge on any atom is 0.259 e. The van der Waals surface area contributed by atoms with Crippen molar-refractivity contribution in [3.8, 4) is 17.6 Å². The van der Waals surface area contributed by atoms with Gasteiger partial charge in [0.1, 0.15) is 13.2 Å². The van der Waals surface area contributed by atoms with E-state index in [0.29, 0.717) is 41.5 Å². The second-order valence-corrected chi connectivity index (χ2v) is 4.47. The molecule has 104 valence electrons. The number of hydrogen-bond acceptors (Lipinski definition) is 4. The topological polar surface area (TPSA) is 71.4 Å². The third-order valence-corrected chi connectivity index (χ3v) is 3.08. The summed E-state index contributed by atoms with van der Waals surface area (Å²) in [5.74, 6) is 0.769. The molecule has 1 N–H and O–H groups in total. The number of nitrogens with one attached hydrogen (secondary N) is 1. The van der Waals surface area contributed by atoms with Gasteiger partial charge in [0.05, 0.1) is 17.2 Å². The van der Waals surface area contributed by atoms with Gasteiger partial charge in [-0.2, -0.15) is 5.26 Å². The minimum Gasteiger partial charge on any atom is -0.486 e. The van der Waals surface area contributed by atoms with E-state index in [4.69, 9.17) is 14.7 Å². The first-order valence-corrected chi connectivity index (χ1v) is 6.48. The van der Waals surface area contributed by atoms with Crippen LogP contribution in [0.3, 0.4) is 0 Å². The molecule has 1 heterocycles. The Bertz CT molecular complexity index is 717. The molecule has 1 aliphatic rings. The van der Waals surface area contributed by atoms with Crippen molar-refractivity contribution in [1.82, 2.24) is 0 Å². The lowest BCUT2D eigenvalue weighted by Crippen LogP contribution is -2.20. The maximum absolute atomic E-state index is 12.3. The highest BCUT2D eigenvalue weighted by Gasteiger charge is 2.20. The van der Waals surface area contributed by atoms with Crippen LogP contribution in [0.15, 0.2) is 42.5 Å². The molecule has 2 aromatic carbocycles. The Morgan fingerprint density at radius 2 is 1.86 bits per heavy atom. The average molecular weight is 280 g/mol. The number of carbonyl (C=O) groups excluding carboxylic acids is 1. The van der Waals surface area contributed by atoms with E-state index in [9.17, 15) is 4.79 Å². The standard InChI is InChI=1S/C16H12N2O3/c17-10-11-4-6-12(7-5-11)18-16(19)13-2-1-3-14-15(13)21-9-8-20-14/h1-7H,8-9H2,(H,18,19). The van der Waals surface area contributed by atoms with Crippen LogP contribution >= 0.6 is 0 Å². The number of amides is 1. The van der Waals surface area contributed by atoms with Gasteiger partial charge < -0.3 is 14.8 Å². The lowest BCUT2D eigenvalue weighted by molar-refractivity contribution is 0.101. The van der Waals surface area contributed by atoms with Gasteiger partial charge in [0.15, 0.2) is 11.5 Å². The quantitative estimate of drug-likeness (QED) is 0.917. The van der Waals surface area contributed by atoms with Crippen molar-refractivity contribution in [3.63, 3.8) is 0 Å². The third-order valence-electron chi connectivity index (χ3n) is 3.08. The van der Waals surface area contributed by atoms with Gasteiger partial charge in [-0.05, 0) is 36.4 Å². The van der Waals surface area contributed by atoms with E-state index in [1.165, 1.54) is 0 Å². The number of fused-ring (bicyclic) bond motifs is 1. The van der Waals surface area contributed by atoms with E-state index >= 15 is 0 Å². The van der Waals surface area contributed by atoms with Crippen molar-refractivity contribution >= 4 is 11.6 Å². The van der Waals surface area contributed by atoms with Crippen molar-refractivity contribution < 1.29 is 14.3 Å². The van der Waals surface area contributed by atoms with Crippen LogP contribution in [-0.4, -0.2) is 19.1 Å². The van der Waals surface area contributed by atoms with E-state index < -0.39 is 0 Å². The molecule has 3 rings (SSSR count). The molecule has 5 nitrogen and oxygen atoms in total. The monoisotopic (exact) mass is 280 g/mol. The molecule has 0 saturated heterocycles. The van der Waals surface area contributed by atoms with Gasteiger partial charge in [0, 0.05) is 5.69 Å². The van der Waals surface area contributed by atoms with E-state index in [1.807, 2.05) is 6.07 Å². The molecule has 0 saturated carbocycles. The summed E-state index contributed by atoms with van der Waals surface area (Å²) < 4.78 is 11.0. The molecule has 0 bridgehead atoms. The minimum absolute atomic E-state index is 0.276. The number of anilines is 1. The molecule has 0 aromatic heterocycles. The molecule has 5 heteroatoms. The van der Waals surface area contributed by atoms with Gasteiger partial charge >= 0.3 is 0 Å². The van der Waals surface area contributed by atoms with Gasteiger partial charge in [-0.15, -0.1) is 0 Å². The molecule has 0 radical (unpaired) electrons. The highest BCUT2D eigenvalue weighted by Crippen LogP contribution is 2.33. The van der Waals surface area contributed by atoms with Crippen molar-refractivity contribution in [3.05, 3.63) is 53.6 Å². The number of rotatable bonds is 2. The van der Waals surface area contributed by atoms with Crippen LogP contribution in [0.1, 0.15) is 15.9 Å². The summed E-state index contributed by atoms with van der Waals surface area (Å²) in [7, 11) is 0.